The second-order valence-corrected chi connectivity index (χ2v) is 3.63. The minimum atomic E-state index is -2.75. The summed E-state index contributed by atoms with van der Waals surface area (Å²) in [5.41, 5.74) is 0.779. The van der Waals surface area contributed by atoms with Crippen LogP contribution in [0.15, 0.2) is 24.3 Å². The van der Waals surface area contributed by atoms with Crippen molar-refractivity contribution in [2.24, 2.45) is 0 Å². The molecule has 1 aromatic rings. The van der Waals surface area contributed by atoms with Gasteiger partial charge >= 0.3 is 0 Å². The molecule has 16 heavy (non-hydrogen) atoms. The summed E-state index contributed by atoms with van der Waals surface area (Å²) < 4.78 is 24.0. The normalized spacial score (nSPS) is 15.1. The molecule has 0 aliphatic carbocycles. The van der Waals surface area contributed by atoms with Gasteiger partial charge in [-0.2, -0.15) is 0 Å². The minimum Gasteiger partial charge on any atom is -0.508 e. The average Bonchev–Trinajstić information content (AvgIpc) is 2.25. The molecule has 0 fully saturated rings. The summed E-state index contributed by atoms with van der Waals surface area (Å²) in [5.74, 6) is 0.126. The van der Waals surface area contributed by atoms with Crippen LogP contribution < -0.4 is 5.32 Å². The van der Waals surface area contributed by atoms with Gasteiger partial charge in [-0.25, -0.2) is 8.78 Å². The maximum Gasteiger partial charge on any atom is 0.265 e. The molecule has 0 saturated carbocycles. The zero-order chi connectivity index (χ0) is 12.1. The number of aliphatic hydroxyl groups excluding tert-OH is 1. The largest absolute Gasteiger partial charge is 0.508 e. The second kappa shape index (κ2) is 5.77. The first kappa shape index (κ1) is 12.9. The smallest absolute Gasteiger partial charge is 0.265 e. The van der Waals surface area contributed by atoms with Gasteiger partial charge in [0.25, 0.3) is 6.43 Å². The Kier molecular flexibility index (Phi) is 4.64. The van der Waals surface area contributed by atoms with Crippen LogP contribution in [0.25, 0.3) is 0 Å². The number of aromatic hydroxyl groups is 1. The van der Waals surface area contributed by atoms with Crippen LogP contribution >= 0.6 is 0 Å². The van der Waals surface area contributed by atoms with Crippen molar-refractivity contribution in [1.29, 1.82) is 0 Å². The average molecular weight is 231 g/mol. The van der Waals surface area contributed by atoms with Gasteiger partial charge < -0.3 is 15.5 Å². The fraction of sp³-hybridized carbons (Fsp3) is 0.455. The number of hydrogen-bond acceptors (Lipinski definition) is 3. The molecule has 1 aromatic carbocycles. The molecule has 0 aliphatic heterocycles. The molecule has 5 heteroatoms. The number of hydrogen-bond donors (Lipinski definition) is 3. The van der Waals surface area contributed by atoms with Gasteiger partial charge in [0, 0.05) is 12.6 Å². The summed E-state index contributed by atoms with van der Waals surface area (Å²) in [4.78, 5) is 0. The molecule has 0 amide bonds. The first-order chi connectivity index (χ1) is 7.50. The van der Waals surface area contributed by atoms with Crippen molar-refractivity contribution in [1.82, 2.24) is 5.32 Å². The fourth-order valence-corrected chi connectivity index (χ4v) is 1.30. The maximum absolute atomic E-state index is 12.0. The molecule has 90 valence electrons. The summed E-state index contributed by atoms with van der Waals surface area (Å²) in [6.07, 6.45) is -4.41. The van der Waals surface area contributed by atoms with E-state index >= 15 is 0 Å². The lowest BCUT2D eigenvalue weighted by Crippen LogP contribution is -2.33. The number of phenols is 1. The fourth-order valence-electron chi connectivity index (χ4n) is 1.30. The van der Waals surface area contributed by atoms with E-state index in [0.717, 1.165) is 5.56 Å². The van der Waals surface area contributed by atoms with Gasteiger partial charge in [0.2, 0.25) is 0 Å². The highest BCUT2D eigenvalue weighted by molar-refractivity contribution is 5.28. The van der Waals surface area contributed by atoms with Gasteiger partial charge in [-0.05, 0) is 24.6 Å². The Morgan fingerprint density at radius 1 is 1.38 bits per heavy atom. The lowest BCUT2D eigenvalue weighted by atomic mass is 10.1. The Balaban J connectivity index is 2.49. The third-order valence-corrected chi connectivity index (χ3v) is 2.29. The van der Waals surface area contributed by atoms with Crippen LogP contribution in [0.1, 0.15) is 18.5 Å². The summed E-state index contributed by atoms with van der Waals surface area (Å²) in [7, 11) is 0. The van der Waals surface area contributed by atoms with E-state index in [9.17, 15) is 13.9 Å². The van der Waals surface area contributed by atoms with Gasteiger partial charge in [0.15, 0.2) is 0 Å². The molecule has 0 aromatic heterocycles. The number of nitrogens with one attached hydrogen (secondary N) is 1. The lowest BCUT2D eigenvalue weighted by molar-refractivity contribution is -0.00439. The number of rotatable bonds is 5. The Hall–Kier alpha value is -1.20. The predicted molar refractivity (Wildman–Crippen MR) is 56.5 cm³/mol. The first-order valence-electron chi connectivity index (χ1n) is 4.99. The van der Waals surface area contributed by atoms with Gasteiger partial charge in [0.05, 0.1) is 0 Å². The second-order valence-electron chi connectivity index (χ2n) is 3.63. The molecule has 0 saturated heterocycles. The van der Waals surface area contributed by atoms with Crippen molar-refractivity contribution in [2.75, 3.05) is 6.54 Å². The first-order valence-corrected chi connectivity index (χ1v) is 4.99. The monoisotopic (exact) mass is 231 g/mol. The van der Waals surface area contributed by atoms with Crippen LogP contribution in [0.4, 0.5) is 8.78 Å². The topological polar surface area (TPSA) is 52.5 Å². The number of aliphatic hydroxyl groups is 1. The summed E-state index contributed by atoms with van der Waals surface area (Å²) in [6.45, 7) is 1.58. The van der Waals surface area contributed by atoms with Crippen LogP contribution in [-0.4, -0.2) is 29.3 Å². The van der Waals surface area contributed by atoms with E-state index in [1.54, 1.807) is 25.1 Å². The van der Waals surface area contributed by atoms with Crippen LogP contribution in [0.3, 0.4) is 0 Å². The van der Waals surface area contributed by atoms with E-state index in [4.69, 9.17) is 5.11 Å². The highest BCUT2D eigenvalue weighted by Crippen LogP contribution is 2.17. The molecule has 0 bridgehead atoms. The standard InChI is InChI=1S/C11H15F2NO2/c1-7(14-6-10(16)11(12)13)8-3-2-4-9(15)5-8/h2-5,7,10-11,14-16H,6H2,1H3. The molecule has 0 spiro atoms. The molecule has 0 radical (unpaired) electrons. The summed E-state index contributed by atoms with van der Waals surface area (Å²) >= 11 is 0. The Labute approximate surface area is 92.7 Å². The molecule has 1 rings (SSSR count). The van der Waals surface area contributed by atoms with Gasteiger partial charge in [0.1, 0.15) is 11.9 Å². The third kappa shape index (κ3) is 3.75. The molecule has 2 unspecified atom stereocenters. The predicted octanol–water partition coefficient (Wildman–Crippen LogP) is 1.67. The Morgan fingerprint density at radius 2 is 2.06 bits per heavy atom. The van der Waals surface area contributed by atoms with E-state index in [1.807, 2.05) is 0 Å². The summed E-state index contributed by atoms with van der Waals surface area (Å²) in [6, 6.07) is 6.32. The van der Waals surface area contributed by atoms with Crippen molar-refractivity contribution < 1.29 is 19.0 Å². The zero-order valence-corrected chi connectivity index (χ0v) is 8.90. The highest BCUT2D eigenvalue weighted by atomic mass is 19.3. The van der Waals surface area contributed by atoms with Crippen molar-refractivity contribution in [3.8, 4) is 5.75 Å². The number of halogens is 2. The molecule has 3 N–H and O–H groups in total. The van der Waals surface area contributed by atoms with Crippen molar-refractivity contribution >= 4 is 0 Å². The number of benzene rings is 1. The molecule has 0 aliphatic rings. The molecular formula is C11H15F2NO2. The zero-order valence-electron chi connectivity index (χ0n) is 8.90. The molecular weight excluding hydrogens is 216 g/mol. The molecule has 0 heterocycles. The van der Waals surface area contributed by atoms with Gasteiger partial charge in [-0.15, -0.1) is 0 Å². The summed E-state index contributed by atoms with van der Waals surface area (Å²) in [5, 5.41) is 20.9. The van der Waals surface area contributed by atoms with Crippen molar-refractivity contribution in [2.45, 2.75) is 25.5 Å². The Bertz CT molecular complexity index is 334. The van der Waals surface area contributed by atoms with E-state index < -0.39 is 12.5 Å². The van der Waals surface area contributed by atoms with Crippen LogP contribution in [-0.2, 0) is 0 Å². The number of phenolic OH excluding ortho intramolecular Hbond substituents is 1. The van der Waals surface area contributed by atoms with E-state index in [-0.39, 0.29) is 18.3 Å². The van der Waals surface area contributed by atoms with Crippen LogP contribution in [0.5, 0.6) is 5.75 Å². The lowest BCUT2D eigenvalue weighted by Gasteiger charge is -2.17. The highest BCUT2D eigenvalue weighted by Gasteiger charge is 2.17. The van der Waals surface area contributed by atoms with Crippen LogP contribution in [0, 0.1) is 0 Å². The Morgan fingerprint density at radius 3 is 2.62 bits per heavy atom. The maximum atomic E-state index is 12.0. The minimum absolute atomic E-state index is 0.126. The van der Waals surface area contributed by atoms with E-state index in [2.05, 4.69) is 5.32 Å². The van der Waals surface area contributed by atoms with Crippen LogP contribution in [0.2, 0.25) is 0 Å². The third-order valence-electron chi connectivity index (χ3n) is 2.29. The number of alkyl halides is 2. The molecule has 2 atom stereocenters. The quantitative estimate of drug-likeness (QED) is 0.722. The van der Waals surface area contributed by atoms with Crippen molar-refractivity contribution in [3.63, 3.8) is 0 Å². The SMILES string of the molecule is CC(NCC(O)C(F)F)c1cccc(O)c1. The van der Waals surface area contributed by atoms with Gasteiger partial charge in [-0.1, -0.05) is 12.1 Å². The van der Waals surface area contributed by atoms with Crippen molar-refractivity contribution in [3.05, 3.63) is 29.8 Å². The van der Waals surface area contributed by atoms with E-state index in [0.29, 0.717) is 0 Å². The van der Waals surface area contributed by atoms with Gasteiger partial charge in [-0.3, -0.25) is 0 Å². The van der Waals surface area contributed by atoms with E-state index in [1.165, 1.54) is 6.07 Å². The molecule has 3 nitrogen and oxygen atoms in total.